The first-order chi connectivity index (χ1) is 16.9. The first-order valence-electron chi connectivity index (χ1n) is 11.1. The number of nitrogens with zero attached hydrogens (tertiary/aromatic N) is 1. The van der Waals surface area contributed by atoms with Crippen molar-refractivity contribution in [2.75, 3.05) is 18.5 Å². The highest BCUT2D eigenvalue weighted by molar-refractivity contribution is 7.92. The van der Waals surface area contributed by atoms with Crippen molar-refractivity contribution in [3.63, 3.8) is 0 Å². The Balaban J connectivity index is 1.31. The van der Waals surface area contributed by atoms with Crippen LogP contribution in [0, 0.1) is 0 Å². The molecule has 0 aliphatic heterocycles. The van der Waals surface area contributed by atoms with Crippen molar-refractivity contribution in [1.82, 2.24) is 9.29 Å². The minimum absolute atomic E-state index is 0.524. The Morgan fingerprint density at radius 2 is 1.66 bits per heavy atom. The minimum Gasteiger partial charge on any atom is -0.455 e. The zero-order valence-electron chi connectivity index (χ0n) is 19.1. The normalized spacial score (nSPS) is 11.8. The number of esters is 1. The molecule has 0 fully saturated rings. The van der Waals surface area contributed by atoms with E-state index in [-0.39, 0.29) is 0 Å². The van der Waals surface area contributed by atoms with Crippen LogP contribution >= 0.6 is 0 Å². The van der Waals surface area contributed by atoms with Gasteiger partial charge in [0, 0.05) is 39.4 Å². The third kappa shape index (κ3) is 5.95. The van der Waals surface area contributed by atoms with E-state index in [0.29, 0.717) is 11.3 Å². The Kier molecular flexibility index (Phi) is 7.28. The van der Waals surface area contributed by atoms with Crippen molar-refractivity contribution in [2.24, 2.45) is 0 Å². The fraction of sp³-hybridized carbons (Fsp3) is 0.154. The number of sulfonamides is 1. The molecule has 1 amide bonds. The quantitative estimate of drug-likeness (QED) is 0.346. The smallest absolute Gasteiger partial charge is 0.321 e. The van der Waals surface area contributed by atoms with Crippen LogP contribution in [0.3, 0.4) is 0 Å². The van der Waals surface area contributed by atoms with Gasteiger partial charge in [-0.3, -0.25) is 9.59 Å². The molecule has 0 spiro atoms. The maximum atomic E-state index is 12.3. The van der Waals surface area contributed by atoms with Crippen molar-refractivity contribution in [2.45, 2.75) is 13.5 Å². The van der Waals surface area contributed by atoms with Gasteiger partial charge in [0.25, 0.3) is 5.91 Å². The Morgan fingerprint density at radius 3 is 2.43 bits per heavy atom. The second kappa shape index (κ2) is 10.5. The van der Waals surface area contributed by atoms with Gasteiger partial charge in [-0.1, -0.05) is 48.5 Å². The SMILES string of the molecule is CCn1c2ccccc2c2cc(NC(=O)COC(=O)CNS(=O)(=O)C=Cc3ccccc3)ccc21. The number of ether oxygens (including phenoxy) is 1. The third-order valence-corrected chi connectivity index (χ3v) is 6.43. The fourth-order valence-corrected chi connectivity index (χ4v) is 4.56. The lowest BCUT2D eigenvalue weighted by molar-refractivity contribution is -0.146. The van der Waals surface area contributed by atoms with Gasteiger partial charge in [-0.05, 0) is 42.8 Å². The highest BCUT2D eigenvalue weighted by Crippen LogP contribution is 2.30. The van der Waals surface area contributed by atoms with Gasteiger partial charge < -0.3 is 14.6 Å². The number of fused-ring (bicyclic) bond motifs is 3. The minimum atomic E-state index is -3.83. The summed E-state index contributed by atoms with van der Waals surface area (Å²) in [6.45, 7) is 1.78. The number of aryl methyl sites for hydroxylation is 1. The van der Waals surface area contributed by atoms with E-state index >= 15 is 0 Å². The molecule has 4 aromatic rings. The summed E-state index contributed by atoms with van der Waals surface area (Å²) in [5, 5.41) is 5.78. The lowest BCUT2D eigenvalue weighted by Crippen LogP contribution is -2.31. The number of benzene rings is 3. The van der Waals surface area contributed by atoms with Gasteiger partial charge in [-0.15, -0.1) is 0 Å². The zero-order valence-corrected chi connectivity index (χ0v) is 19.9. The third-order valence-electron chi connectivity index (χ3n) is 5.39. The number of rotatable bonds is 9. The molecule has 0 saturated carbocycles. The highest BCUT2D eigenvalue weighted by atomic mass is 32.2. The Labute approximate surface area is 203 Å². The number of hydrogen-bond donors (Lipinski definition) is 2. The van der Waals surface area contributed by atoms with E-state index in [0.717, 1.165) is 33.8 Å². The molecular formula is C26H25N3O5S. The number of carbonyl (C=O) groups excluding carboxylic acids is 2. The lowest BCUT2D eigenvalue weighted by Gasteiger charge is -2.08. The average molecular weight is 492 g/mol. The lowest BCUT2D eigenvalue weighted by atomic mass is 10.1. The maximum absolute atomic E-state index is 12.3. The van der Waals surface area contributed by atoms with Gasteiger partial charge in [-0.2, -0.15) is 0 Å². The molecule has 1 aromatic heterocycles. The summed E-state index contributed by atoms with van der Waals surface area (Å²) in [5.41, 5.74) is 3.45. The van der Waals surface area contributed by atoms with Gasteiger partial charge in [0.1, 0.15) is 6.54 Å². The molecule has 0 aliphatic carbocycles. The second-order valence-corrected chi connectivity index (χ2v) is 9.43. The van der Waals surface area contributed by atoms with Crippen LogP contribution in [-0.2, 0) is 30.9 Å². The summed E-state index contributed by atoms with van der Waals surface area (Å²) in [6.07, 6.45) is 1.41. The largest absolute Gasteiger partial charge is 0.455 e. The molecule has 0 bridgehead atoms. The zero-order chi connectivity index (χ0) is 24.8. The molecule has 3 aromatic carbocycles. The van der Waals surface area contributed by atoms with Crippen LogP contribution in [0.2, 0.25) is 0 Å². The van der Waals surface area contributed by atoms with Gasteiger partial charge >= 0.3 is 5.97 Å². The predicted octanol–water partition coefficient (Wildman–Crippen LogP) is 3.89. The van der Waals surface area contributed by atoms with Crippen LogP contribution in [0.15, 0.2) is 78.2 Å². The average Bonchev–Trinajstić information content (AvgIpc) is 3.19. The molecule has 1 heterocycles. The monoisotopic (exact) mass is 491 g/mol. The van der Waals surface area contributed by atoms with E-state index in [1.165, 1.54) is 6.08 Å². The Morgan fingerprint density at radius 1 is 0.943 bits per heavy atom. The van der Waals surface area contributed by atoms with Crippen molar-refractivity contribution in [1.29, 1.82) is 0 Å². The van der Waals surface area contributed by atoms with E-state index < -0.39 is 35.1 Å². The summed E-state index contributed by atoms with van der Waals surface area (Å²) in [7, 11) is -3.83. The highest BCUT2D eigenvalue weighted by Gasteiger charge is 2.13. The number of aromatic nitrogens is 1. The van der Waals surface area contributed by atoms with E-state index in [1.54, 1.807) is 30.3 Å². The summed E-state index contributed by atoms with van der Waals surface area (Å²) in [6, 6.07) is 22.6. The van der Waals surface area contributed by atoms with Crippen LogP contribution in [0.4, 0.5) is 5.69 Å². The molecule has 0 atom stereocenters. The molecule has 9 heteroatoms. The van der Waals surface area contributed by atoms with Crippen molar-refractivity contribution in [3.8, 4) is 0 Å². The van der Waals surface area contributed by atoms with Crippen LogP contribution < -0.4 is 10.0 Å². The predicted molar refractivity (Wildman–Crippen MR) is 137 cm³/mol. The number of carbonyl (C=O) groups is 2. The van der Waals surface area contributed by atoms with Crippen LogP contribution in [0.25, 0.3) is 27.9 Å². The molecule has 0 saturated heterocycles. The number of hydrogen-bond acceptors (Lipinski definition) is 5. The van der Waals surface area contributed by atoms with Crippen LogP contribution in [0.5, 0.6) is 0 Å². The molecule has 0 aliphatic rings. The molecule has 180 valence electrons. The Hall–Kier alpha value is -3.95. The fourth-order valence-electron chi connectivity index (χ4n) is 3.81. The topological polar surface area (TPSA) is 106 Å². The Bertz CT molecular complexity index is 1510. The van der Waals surface area contributed by atoms with Crippen molar-refractivity contribution in [3.05, 3.63) is 83.8 Å². The molecular weight excluding hydrogens is 466 g/mol. The number of para-hydroxylation sites is 1. The number of amides is 1. The molecule has 35 heavy (non-hydrogen) atoms. The van der Waals surface area contributed by atoms with E-state index in [4.69, 9.17) is 4.74 Å². The van der Waals surface area contributed by atoms with Gasteiger partial charge in [0.2, 0.25) is 10.0 Å². The molecule has 8 nitrogen and oxygen atoms in total. The summed E-state index contributed by atoms with van der Waals surface area (Å²) >= 11 is 0. The number of anilines is 1. The molecule has 4 rings (SSSR count). The van der Waals surface area contributed by atoms with Crippen molar-refractivity contribution >= 4 is 55.5 Å². The maximum Gasteiger partial charge on any atom is 0.321 e. The standard InChI is InChI=1S/C26H25N3O5S/c1-2-29-23-11-7-6-10-21(23)22-16-20(12-13-24(22)29)28-25(30)18-34-26(31)17-27-35(32,33)15-14-19-8-4-3-5-9-19/h3-16,27H,2,17-18H2,1H3,(H,28,30). The summed E-state index contributed by atoms with van der Waals surface area (Å²) in [4.78, 5) is 24.2. The van der Waals surface area contributed by atoms with E-state index in [1.807, 2.05) is 36.4 Å². The summed E-state index contributed by atoms with van der Waals surface area (Å²) in [5.74, 6) is -1.39. The first-order valence-corrected chi connectivity index (χ1v) is 12.6. The van der Waals surface area contributed by atoms with Gasteiger partial charge in [0.15, 0.2) is 6.61 Å². The van der Waals surface area contributed by atoms with E-state index in [9.17, 15) is 18.0 Å². The van der Waals surface area contributed by atoms with E-state index in [2.05, 4.69) is 27.6 Å². The van der Waals surface area contributed by atoms with Crippen LogP contribution in [-0.4, -0.2) is 38.0 Å². The molecule has 0 unspecified atom stereocenters. The van der Waals surface area contributed by atoms with Gasteiger partial charge in [-0.25, -0.2) is 13.1 Å². The number of nitrogens with one attached hydrogen (secondary N) is 2. The second-order valence-electron chi connectivity index (χ2n) is 7.78. The molecule has 2 N–H and O–H groups in total. The van der Waals surface area contributed by atoms with Gasteiger partial charge in [0.05, 0.1) is 0 Å². The summed E-state index contributed by atoms with van der Waals surface area (Å²) < 4.78 is 33.3. The first kappa shape index (κ1) is 24.2. The van der Waals surface area contributed by atoms with Crippen LogP contribution in [0.1, 0.15) is 12.5 Å². The van der Waals surface area contributed by atoms with Crippen molar-refractivity contribution < 1.29 is 22.7 Å². The molecule has 0 radical (unpaired) electrons.